The number of benzene rings is 2. The molecule has 0 spiro atoms. The molecule has 2 aromatic carbocycles. The van der Waals surface area contributed by atoms with Crippen molar-refractivity contribution in [1.29, 1.82) is 0 Å². The maximum absolute atomic E-state index is 12.6. The molecule has 0 aromatic heterocycles. The lowest BCUT2D eigenvalue weighted by Gasteiger charge is -2.49. The molecule has 0 saturated carbocycles. The number of fused-ring (bicyclic) bond motifs is 3. The van der Waals surface area contributed by atoms with Gasteiger partial charge in [-0.15, -0.1) is 0 Å². The van der Waals surface area contributed by atoms with Crippen LogP contribution in [0.1, 0.15) is 70.4 Å². The summed E-state index contributed by atoms with van der Waals surface area (Å²) in [6, 6.07) is 14.5. The lowest BCUT2D eigenvalue weighted by atomic mass is 9.74. The van der Waals surface area contributed by atoms with Crippen LogP contribution in [0.15, 0.2) is 48.5 Å². The van der Waals surface area contributed by atoms with Crippen molar-refractivity contribution in [2.75, 3.05) is 25.2 Å². The highest BCUT2D eigenvalue weighted by atomic mass is 16.5. The predicted molar refractivity (Wildman–Crippen MR) is 139 cm³/mol. The fourth-order valence-corrected chi connectivity index (χ4v) is 5.33. The fourth-order valence-electron chi connectivity index (χ4n) is 5.33. The third-order valence-corrected chi connectivity index (χ3v) is 7.35. The smallest absolute Gasteiger partial charge is 0.223 e. The number of anilines is 1. The molecule has 1 amide bonds. The number of carbonyl (C=O) groups is 1. The van der Waals surface area contributed by atoms with Crippen molar-refractivity contribution in [1.82, 2.24) is 5.32 Å². The van der Waals surface area contributed by atoms with Gasteiger partial charge in [-0.2, -0.15) is 0 Å². The summed E-state index contributed by atoms with van der Waals surface area (Å²) in [4.78, 5) is 14.9. The quantitative estimate of drug-likeness (QED) is 0.435. The second-order valence-electron chi connectivity index (χ2n) is 9.86. The molecule has 1 N–H and O–H groups in total. The average Bonchev–Trinajstić information content (AvgIpc) is 3.04. The first-order chi connectivity index (χ1) is 16.4. The molecule has 1 atom stereocenters. The lowest BCUT2D eigenvalue weighted by molar-refractivity contribution is -0.124. The topological polar surface area (TPSA) is 50.8 Å². The molecule has 0 bridgehead atoms. The van der Waals surface area contributed by atoms with Gasteiger partial charge < -0.3 is 19.7 Å². The summed E-state index contributed by atoms with van der Waals surface area (Å²) >= 11 is 0. The van der Waals surface area contributed by atoms with E-state index in [9.17, 15) is 4.79 Å². The summed E-state index contributed by atoms with van der Waals surface area (Å²) in [6.07, 6.45) is 10.8. The average molecular weight is 463 g/mol. The van der Waals surface area contributed by atoms with Crippen molar-refractivity contribution in [3.63, 3.8) is 0 Å². The largest absolute Gasteiger partial charge is 0.493 e. The number of para-hydroxylation sites is 1. The highest BCUT2D eigenvalue weighted by Gasteiger charge is 2.57. The predicted octanol–water partition coefficient (Wildman–Crippen LogP) is 6.07. The molecular weight excluding hydrogens is 424 g/mol. The fraction of sp³-hybridized carbons (Fsp3) is 0.483. The van der Waals surface area contributed by atoms with Crippen LogP contribution in [0.25, 0.3) is 6.08 Å². The van der Waals surface area contributed by atoms with Gasteiger partial charge in [-0.1, -0.05) is 76.8 Å². The molecule has 2 aliphatic rings. The summed E-state index contributed by atoms with van der Waals surface area (Å²) in [5.41, 5.74) is 2.54. The summed E-state index contributed by atoms with van der Waals surface area (Å²) in [7, 11) is 1.68. The molecule has 5 nitrogen and oxygen atoms in total. The maximum atomic E-state index is 12.6. The molecular formula is C29H38N2O3. The number of amides is 1. The molecule has 34 heavy (non-hydrogen) atoms. The summed E-state index contributed by atoms with van der Waals surface area (Å²) < 4.78 is 11.6. The van der Waals surface area contributed by atoms with Crippen molar-refractivity contribution in [3.05, 3.63) is 59.7 Å². The number of hydrogen-bond acceptors (Lipinski definition) is 4. The number of carbonyl (C=O) groups excluding carboxylic acids is 1. The van der Waals surface area contributed by atoms with Crippen LogP contribution in [-0.2, 0) is 10.2 Å². The number of methoxy groups -OCH3 is 1. The van der Waals surface area contributed by atoms with Gasteiger partial charge in [-0.05, 0) is 41.8 Å². The van der Waals surface area contributed by atoms with Gasteiger partial charge in [0.2, 0.25) is 5.91 Å². The number of ether oxygens (including phenoxy) is 2. The van der Waals surface area contributed by atoms with Crippen LogP contribution in [0, 0.1) is 0 Å². The molecule has 1 fully saturated rings. The second-order valence-corrected chi connectivity index (χ2v) is 9.86. The summed E-state index contributed by atoms with van der Waals surface area (Å²) in [5, 5.41) is 3.33. The van der Waals surface area contributed by atoms with Gasteiger partial charge >= 0.3 is 0 Å². The lowest BCUT2D eigenvalue weighted by Crippen LogP contribution is -2.68. The van der Waals surface area contributed by atoms with Gasteiger partial charge in [-0.25, -0.2) is 0 Å². The molecule has 0 aliphatic carbocycles. The van der Waals surface area contributed by atoms with Crippen LogP contribution >= 0.6 is 0 Å². The molecule has 0 unspecified atom stereocenters. The van der Waals surface area contributed by atoms with Crippen LogP contribution in [0.5, 0.6) is 11.5 Å². The highest BCUT2D eigenvalue weighted by Crippen LogP contribution is 2.52. The van der Waals surface area contributed by atoms with Crippen molar-refractivity contribution in [3.8, 4) is 11.5 Å². The molecule has 4 rings (SSSR count). The summed E-state index contributed by atoms with van der Waals surface area (Å²) in [5.74, 6) is 1.59. The SMILES string of the molecule is CCCCCCCOc1ccc(C=C[C@@]23NC(=O)CCN2c2ccccc2C3(C)C)cc1OC. The van der Waals surface area contributed by atoms with Crippen LogP contribution in [0.3, 0.4) is 0 Å². The Balaban J connectivity index is 1.55. The third-order valence-electron chi connectivity index (χ3n) is 7.35. The first kappa shape index (κ1) is 24.2. The molecule has 182 valence electrons. The van der Waals surface area contributed by atoms with Crippen LogP contribution < -0.4 is 19.7 Å². The zero-order valence-electron chi connectivity index (χ0n) is 21.0. The number of hydrogen-bond donors (Lipinski definition) is 1. The van der Waals surface area contributed by atoms with E-state index in [0.717, 1.165) is 23.5 Å². The Bertz CT molecular complexity index is 1050. The van der Waals surface area contributed by atoms with Crippen molar-refractivity contribution in [2.45, 2.75) is 70.4 Å². The van der Waals surface area contributed by atoms with Crippen LogP contribution in [-0.4, -0.2) is 31.8 Å². The summed E-state index contributed by atoms with van der Waals surface area (Å²) in [6.45, 7) is 8.04. The molecule has 2 aliphatic heterocycles. The van der Waals surface area contributed by atoms with Crippen molar-refractivity contribution in [2.24, 2.45) is 0 Å². The molecule has 2 aromatic rings. The van der Waals surface area contributed by atoms with E-state index in [1.54, 1.807) is 7.11 Å². The number of rotatable bonds is 10. The van der Waals surface area contributed by atoms with Crippen LogP contribution in [0.4, 0.5) is 5.69 Å². The minimum atomic E-state index is -0.618. The van der Waals surface area contributed by atoms with Gasteiger partial charge in [0.15, 0.2) is 11.5 Å². The van der Waals surface area contributed by atoms with Gasteiger partial charge in [-0.3, -0.25) is 4.79 Å². The molecule has 5 heteroatoms. The van der Waals surface area contributed by atoms with E-state index < -0.39 is 5.66 Å². The zero-order valence-corrected chi connectivity index (χ0v) is 21.0. The highest BCUT2D eigenvalue weighted by molar-refractivity contribution is 5.84. The van der Waals surface area contributed by atoms with E-state index in [0.29, 0.717) is 19.6 Å². The standard InChI is InChI=1S/C29H38N2O3/c1-5-6-7-8-11-20-34-25-15-14-22(21-26(25)33-4)16-18-29-28(2,3)23-12-9-10-13-24(23)31(29)19-17-27(32)30-29/h9-10,12-16,18,21H,5-8,11,17,19-20H2,1-4H3,(H,30,32)/t29-/m1/s1. The molecule has 0 radical (unpaired) electrons. The Hall–Kier alpha value is -2.95. The maximum Gasteiger partial charge on any atom is 0.223 e. The van der Waals surface area contributed by atoms with E-state index in [-0.39, 0.29) is 11.3 Å². The first-order valence-corrected chi connectivity index (χ1v) is 12.6. The number of nitrogens with zero attached hydrogens (tertiary/aromatic N) is 1. The van der Waals surface area contributed by atoms with E-state index in [2.05, 4.69) is 67.4 Å². The van der Waals surface area contributed by atoms with E-state index in [1.807, 2.05) is 18.2 Å². The first-order valence-electron chi connectivity index (χ1n) is 12.6. The minimum Gasteiger partial charge on any atom is -0.493 e. The van der Waals surface area contributed by atoms with E-state index >= 15 is 0 Å². The Labute approximate surface area is 204 Å². The van der Waals surface area contributed by atoms with E-state index in [4.69, 9.17) is 9.47 Å². The van der Waals surface area contributed by atoms with Gasteiger partial charge in [0.05, 0.1) is 13.7 Å². The second kappa shape index (κ2) is 10.1. The monoisotopic (exact) mass is 462 g/mol. The number of nitrogens with one attached hydrogen (secondary N) is 1. The van der Waals surface area contributed by atoms with Crippen LogP contribution in [0.2, 0.25) is 0 Å². The molecule has 2 heterocycles. The Morgan fingerprint density at radius 3 is 2.65 bits per heavy atom. The van der Waals surface area contributed by atoms with Gasteiger partial charge in [0.1, 0.15) is 5.66 Å². The minimum absolute atomic E-state index is 0.0852. The third kappa shape index (κ3) is 4.40. The molecule has 1 saturated heterocycles. The van der Waals surface area contributed by atoms with E-state index in [1.165, 1.54) is 36.9 Å². The van der Waals surface area contributed by atoms with Gasteiger partial charge in [0, 0.05) is 24.1 Å². The Morgan fingerprint density at radius 2 is 1.85 bits per heavy atom. The normalized spacial score (nSPS) is 20.7. The number of unbranched alkanes of at least 4 members (excludes halogenated alkanes) is 4. The Morgan fingerprint density at radius 1 is 1.06 bits per heavy atom. The Kier molecular flexibility index (Phi) is 7.20. The van der Waals surface area contributed by atoms with Gasteiger partial charge in [0.25, 0.3) is 0 Å². The van der Waals surface area contributed by atoms with Crippen molar-refractivity contribution >= 4 is 17.7 Å². The van der Waals surface area contributed by atoms with Crippen molar-refractivity contribution < 1.29 is 14.3 Å². The zero-order chi connectivity index (χ0) is 24.2.